The number of anilines is 1. The number of likely N-dealkylation sites (tertiary alicyclic amines) is 1. The molecule has 1 fully saturated rings. The van der Waals surface area contributed by atoms with Crippen LogP contribution in [0.25, 0.3) is 0 Å². The van der Waals surface area contributed by atoms with Gasteiger partial charge in [-0.25, -0.2) is 0 Å². The number of rotatable bonds is 6. The van der Waals surface area contributed by atoms with E-state index in [1.165, 1.54) is 6.42 Å². The molecule has 0 radical (unpaired) electrons. The average molecular weight is 291 g/mol. The number of methoxy groups -OCH3 is 1. The van der Waals surface area contributed by atoms with Crippen molar-refractivity contribution in [2.24, 2.45) is 11.7 Å². The van der Waals surface area contributed by atoms with E-state index in [0.29, 0.717) is 19.0 Å². The second-order valence-electron chi connectivity index (χ2n) is 5.65. The van der Waals surface area contributed by atoms with E-state index in [1.807, 2.05) is 24.3 Å². The van der Waals surface area contributed by atoms with E-state index in [9.17, 15) is 4.79 Å². The van der Waals surface area contributed by atoms with Gasteiger partial charge < -0.3 is 15.8 Å². The lowest BCUT2D eigenvalue weighted by Crippen LogP contribution is -2.41. The summed E-state index contributed by atoms with van der Waals surface area (Å²) in [4.78, 5) is 14.3. The summed E-state index contributed by atoms with van der Waals surface area (Å²) >= 11 is 0. The standard InChI is InChI=1S/C16H25N3O2/c1-21-12-14-3-2-8-19(10-14)11-16(20)18-15-6-4-13(9-17)5-7-15/h4-7,14H,2-3,8-12,17H2,1H3,(H,18,20). The summed E-state index contributed by atoms with van der Waals surface area (Å²) in [5, 5.41) is 2.93. The van der Waals surface area contributed by atoms with Crippen molar-refractivity contribution >= 4 is 11.6 Å². The second-order valence-corrected chi connectivity index (χ2v) is 5.65. The number of nitrogens with two attached hydrogens (primary N) is 1. The van der Waals surface area contributed by atoms with Gasteiger partial charge in [-0.05, 0) is 43.0 Å². The number of amides is 1. The third-order valence-corrected chi connectivity index (χ3v) is 3.85. The van der Waals surface area contributed by atoms with Crippen molar-refractivity contribution in [2.75, 3.05) is 38.7 Å². The van der Waals surface area contributed by atoms with Crippen molar-refractivity contribution in [1.82, 2.24) is 4.90 Å². The van der Waals surface area contributed by atoms with Gasteiger partial charge in [0.25, 0.3) is 0 Å². The molecule has 0 bridgehead atoms. The monoisotopic (exact) mass is 291 g/mol. The van der Waals surface area contributed by atoms with Gasteiger partial charge in [0.05, 0.1) is 13.2 Å². The molecule has 1 heterocycles. The quantitative estimate of drug-likeness (QED) is 0.832. The van der Waals surface area contributed by atoms with Crippen LogP contribution in [0.15, 0.2) is 24.3 Å². The Labute approximate surface area is 126 Å². The summed E-state index contributed by atoms with van der Waals surface area (Å²) in [6.07, 6.45) is 2.32. The summed E-state index contributed by atoms with van der Waals surface area (Å²) in [6.45, 7) is 3.66. The number of nitrogens with zero attached hydrogens (tertiary/aromatic N) is 1. The first kappa shape index (κ1) is 15.9. The van der Waals surface area contributed by atoms with Crippen LogP contribution >= 0.6 is 0 Å². The van der Waals surface area contributed by atoms with E-state index in [0.717, 1.165) is 37.4 Å². The first-order valence-electron chi connectivity index (χ1n) is 7.51. The van der Waals surface area contributed by atoms with Crippen LogP contribution in [0.1, 0.15) is 18.4 Å². The molecule has 21 heavy (non-hydrogen) atoms. The van der Waals surface area contributed by atoms with Gasteiger partial charge in [-0.2, -0.15) is 0 Å². The molecule has 1 aliphatic rings. The Morgan fingerprint density at radius 3 is 2.86 bits per heavy atom. The van der Waals surface area contributed by atoms with Crippen LogP contribution < -0.4 is 11.1 Å². The average Bonchev–Trinajstić information content (AvgIpc) is 2.48. The number of carbonyl (C=O) groups excluding carboxylic acids is 1. The van der Waals surface area contributed by atoms with Gasteiger partial charge in [0.15, 0.2) is 0 Å². The van der Waals surface area contributed by atoms with Crippen LogP contribution in [0.2, 0.25) is 0 Å². The smallest absolute Gasteiger partial charge is 0.238 e. The van der Waals surface area contributed by atoms with Crippen molar-refractivity contribution < 1.29 is 9.53 Å². The molecule has 1 unspecified atom stereocenters. The summed E-state index contributed by atoms with van der Waals surface area (Å²) in [6, 6.07) is 7.66. The highest BCUT2D eigenvalue weighted by Crippen LogP contribution is 2.16. The summed E-state index contributed by atoms with van der Waals surface area (Å²) in [5.41, 5.74) is 7.44. The Bertz CT molecular complexity index is 445. The molecular weight excluding hydrogens is 266 g/mol. The predicted octanol–water partition coefficient (Wildman–Crippen LogP) is 1.44. The maximum atomic E-state index is 12.1. The summed E-state index contributed by atoms with van der Waals surface area (Å²) in [7, 11) is 1.73. The molecule has 1 amide bonds. The Morgan fingerprint density at radius 1 is 1.43 bits per heavy atom. The molecular formula is C16H25N3O2. The normalized spacial score (nSPS) is 19.4. The lowest BCUT2D eigenvalue weighted by Gasteiger charge is -2.31. The van der Waals surface area contributed by atoms with Crippen LogP contribution in [0.3, 0.4) is 0 Å². The zero-order valence-corrected chi connectivity index (χ0v) is 12.7. The molecule has 0 spiro atoms. The Hall–Kier alpha value is -1.43. The van der Waals surface area contributed by atoms with Crippen molar-refractivity contribution in [3.63, 3.8) is 0 Å². The van der Waals surface area contributed by atoms with Gasteiger partial charge in [0, 0.05) is 25.9 Å². The van der Waals surface area contributed by atoms with Crippen LogP contribution in [-0.4, -0.2) is 44.2 Å². The van der Waals surface area contributed by atoms with Crippen LogP contribution in [0.5, 0.6) is 0 Å². The van der Waals surface area contributed by atoms with E-state index in [4.69, 9.17) is 10.5 Å². The largest absolute Gasteiger partial charge is 0.384 e. The van der Waals surface area contributed by atoms with Crippen molar-refractivity contribution in [3.05, 3.63) is 29.8 Å². The van der Waals surface area contributed by atoms with Crippen LogP contribution in [0.4, 0.5) is 5.69 Å². The molecule has 0 saturated carbocycles. The van der Waals surface area contributed by atoms with Gasteiger partial charge in [0.1, 0.15) is 0 Å². The van der Waals surface area contributed by atoms with Gasteiger partial charge in [-0.1, -0.05) is 12.1 Å². The van der Waals surface area contributed by atoms with Gasteiger partial charge in [-0.3, -0.25) is 9.69 Å². The second kappa shape index (κ2) is 8.12. The third-order valence-electron chi connectivity index (χ3n) is 3.85. The van der Waals surface area contributed by atoms with E-state index in [1.54, 1.807) is 7.11 Å². The minimum atomic E-state index is 0.0357. The van der Waals surface area contributed by atoms with Gasteiger partial charge in [0.2, 0.25) is 5.91 Å². The maximum Gasteiger partial charge on any atom is 0.238 e. The van der Waals surface area contributed by atoms with Gasteiger partial charge in [-0.15, -0.1) is 0 Å². The number of piperidine rings is 1. The fourth-order valence-corrected chi connectivity index (χ4v) is 2.79. The first-order valence-corrected chi connectivity index (χ1v) is 7.51. The van der Waals surface area contributed by atoms with Crippen LogP contribution in [-0.2, 0) is 16.1 Å². The number of hydrogen-bond donors (Lipinski definition) is 2. The maximum absolute atomic E-state index is 12.1. The molecule has 0 aliphatic carbocycles. The molecule has 3 N–H and O–H groups in total. The number of benzene rings is 1. The number of ether oxygens (including phenoxy) is 1. The molecule has 1 aromatic carbocycles. The van der Waals surface area contributed by atoms with Crippen LogP contribution in [0, 0.1) is 5.92 Å². The summed E-state index contributed by atoms with van der Waals surface area (Å²) < 4.78 is 5.21. The number of carbonyl (C=O) groups is 1. The van der Waals surface area contributed by atoms with Gasteiger partial charge >= 0.3 is 0 Å². The fourth-order valence-electron chi connectivity index (χ4n) is 2.79. The fraction of sp³-hybridized carbons (Fsp3) is 0.562. The molecule has 1 aliphatic heterocycles. The van der Waals surface area contributed by atoms with E-state index in [-0.39, 0.29) is 5.91 Å². The highest BCUT2D eigenvalue weighted by atomic mass is 16.5. The topological polar surface area (TPSA) is 67.6 Å². The number of nitrogens with one attached hydrogen (secondary N) is 1. The molecule has 1 atom stereocenters. The Morgan fingerprint density at radius 2 is 2.19 bits per heavy atom. The molecule has 5 heteroatoms. The Balaban J connectivity index is 1.80. The zero-order chi connectivity index (χ0) is 15.1. The molecule has 1 saturated heterocycles. The summed E-state index contributed by atoms with van der Waals surface area (Å²) in [5.74, 6) is 0.578. The van der Waals surface area contributed by atoms with Crippen molar-refractivity contribution in [1.29, 1.82) is 0 Å². The molecule has 2 rings (SSSR count). The predicted molar refractivity (Wildman–Crippen MR) is 84.0 cm³/mol. The highest BCUT2D eigenvalue weighted by Gasteiger charge is 2.21. The SMILES string of the molecule is COCC1CCCN(CC(=O)Nc2ccc(CN)cc2)C1. The Kier molecular flexibility index (Phi) is 6.17. The molecule has 1 aromatic rings. The van der Waals surface area contributed by atoms with Crippen molar-refractivity contribution in [3.8, 4) is 0 Å². The lowest BCUT2D eigenvalue weighted by molar-refractivity contribution is -0.117. The van der Waals surface area contributed by atoms with E-state index < -0.39 is 0 Å². The van der Waals surface area contributed by atoms with Crippen molar-refractivity contribution in [2.45, 2.75) is 19.4 Å². The minimum Gasteiger partial charge on any atom is -0.384 e. The number of hydrogen-bond acceptors (Lipinski definition) is 4. The molecule has 116 valence electrons. The lowest BCUT2D eigenvalue weighted by atomic mass is 9.99. The zero-order valence-electron chi connectivity index (χ0n) is 12.7. The molecule has 0 aromatic heterocycles. The first-order chi connectivity index (χ1) is 10.2. The molecule has 5 nitrogen and oxygen atoms in total. The highest BCUT2D eigenvalue weighted by molar-refractivity contribution is 5.92. The van der Waals surface area contributed by atoms with E-state index in [2.05, 4.69) is 10.2 Å². The minimum absolute atomic E-state index is 0.0357. The third kappa shape index (κ3) is 5.12. The van der Waals surface area contributed by atoms with E-state index >= 15 is 0 Å².